The molecule has 0 atom stereocenters. The standard InChI is InChI=1S/C21H15N5/c1-13-19(18-8-4-6-14-5-2-3-7-17(14)18)12-16-11-15(9-10-20(16)22-13)21-23-25-26-24-21/h2-12H,1H3,(H,23,24,25,26). The smallest absolute Gasteiger partial charge is 0.204 e. The third-order valence-electron chi connectivity index (χ3n) is 4.69. The van der Waals surface area contributed by atoms with Crippen LogP contribution in [0.4, 0.5) is 0 Å². The Kier molecular flexibility index (Phi) is 3.25. The lowest BCUT2D eigenvalue weighted by atomic mass is 9.96. The summed E-state index contributed by atoms with van der Waals surface area (Å²) in [5, 5.41) is 17.8. The lowest BCUT2D eigenvalue weighted by molar-refractivity contribution is 0.881. The number of aromatic amines is 1. The Labute approximate surface area is 149 Å². The number of nitrogens with zero attached hydrogens (tertiary/aromatic N) is 4. The van der Waals surface area contributed by atoms with Crippen LogP contribution in [0.1, 0.15) is 5.69 Å². The minimum absolute atomic E-state index is 0.583. The molecule has 0 radical (unpaired) electrons. The SMILES string of the molecule is Cc1nc2ccc(-c3nn[nH]n3)cc2cc1-c1cccc2ccccc12. The van der Waals surface area contributed by atoms with Gasteiger partial charge in [0.25, 0.3) is 0 Å². The maximum Gasteiger partial charge on any atom is 0.204 e. The second-order valence-corrected chi connectivity index (χ2v) is 6.29. The molecule has 26 heavy (non-hydrogen) atoms. The summed E-state index contributed by atoms with van der Waals surface area (Å²) in [6, 6.07) is 23.0. The van der Waals surface area contributed by atoms with Gasteiger partial charge in [-0.1, -0.05) is 42.5 Å². The van der Waals surface area contributed by atoms with Crippen LogP contribution in [0, 0.1) is 6.92 Å². The molecule has 0 spiro atoms. The molecule has 0 aliphatic rings. The first kappa shape index (κ1) is 14.7. The average molecular weight is 337 g/mol. The van der Waals surface area contributed by atoms with E-state index < -0.39 is 0 Å². The largest absolute Gasteiger partial charge is 0.252 e. The molecule has 2 heterocycles. The van der Waals surface area contributed by atoms with E-state index in [-0.39, 0.29) is 0 Å². The lowest BCUT2D eigenvalue weighted by Gasteiger charge is -2.11. The number of pyridine rings is 1. The van der Waals surface area contributed by atoms with E-state index in [2.05, 4.69) is 82.1 Å². The molecule has 1 N–H and O–H groups in total. The highest BCUT2D eigenvalue weighted by molar-refractivity contribution is 5.99. The van der Waals surface area contributed by atoms with Crippen LogP contribution < -0.4 is 0 Å². The Hall–Kier alpha value is -3.60. The second-order valence-electron chi connectivity index (χ2n) is 6.29. The Morgan fingerprint density at radius 2 is 1.69 bits per heavy atom. The number of benzene rings is 3. The molecule has 0 bridgehead atoms. The summed E-state index contributed by atoms with van der Waals surface area (Å²) in [4.78, 5) is 4.82. The number of fused-ring (bicyclic) bond motifs is 2. The molecule has 0 amide bonds. The predicted octanol–water partition coefficient (Wildman–Crippen LogP) is 4.54. The number of nitrogens with one attached hydrogen (secondary N) is 1. The second kappa shape index (κ2) is 5.74. The first-order valence-corrected chi connectivity index (χ1v) is 8.43. The molecule has 124 valence electrons. The van der Waals surface area contributed by atoms with E-state index in [1.807, 2.05) is 12.1 Å². The average Bonchev–Trinajstić information content (AvgIpc) is 3.22. The highest BCUT2D eigenvalue weighted by atomic mass is 15.5. The van der Waals surface area contributed by atoms with Crippen LogP contribution in [0.25, 0.3) is 44.2 Å². The molecule has 0 saturated carbocycles. The Balaban J connectivity index is 1.76. The molecular weight excluding hydrogens is 322 g/mol. The van der Waals surface area contributed by atoms with Gasteiger partial charge >= 0.3 is 0 Å². The van der Waals surface area contributed by atoms with Crippen molar-refractivity contribution in [3.63, 3.8) is 0 Å². The summed E-state index contributed by atoms with van der Waals surface area (Å²) in [6.45, 7) is 2.06. The van der Waals surface area contributed by atoms with Gasteiger partial charge in [0, 0.05) is 22.2 Å². The van der Waals surface area contributed by atoms with Gasteiger partial charge in [-0.25, -0.2) is 0 Å². The summed E-state index contributed by atoms with van der Waals surface area (Å²) < 4.78 is 0. The van der Waals surface area contributed by atoms with Crippen LogP contribution in [0.5, 0.6) is 0 Å². The third kappa shape index (κ3) is 2.33. The molecule has 0 aliphatic heterocycles. The maximum absolute atomic E-state index is 4.82. The van der Waals surface area contributed by atoms with E-state index in [1.165, 1.54) is 16.3 Å². The number of H-pyrrole nitrogens is 1. The van der Waals surface area contributed by atoms with Crippen molar-refractivity contribution in [2.24, 2.45) is 0 Å². The van der Waals surface area contributed by atoms with Crippen LogP contribution in [0.15, 0.2) is 66.7 Å². The van der Waals surface area contributed by atoms with Gasteiger partial charge in [-0.3, -0.25) is 4.98 Å². The number of hydrogen-bond donors (Lipinski definition) is 1. The van der Waals surface area contributed by atoms with Crippen LogP contribution in [-0.4, -0.2) is 25.6 Å². The Bertz CT molecular complexity index is 1240. The summed E-state index contributed by atoms with van der Waals surface area (Å²) in [6.07, 6.45) is 0. The molecule has 5 aromatic rings. The first-order valence-electron chi connectivity index (χ1n) is 8.43. The molecule has 5 rings (SSSR count). The van der Waals surface area contributed by atoms with Crippen LogP contribution in [0.3, 0.4) is 0 Å². The topological polar surface area (TPSA) is 67.3 Å². The normalized spacial score (nSPS) is 11.3. The van der Waals surface area contributed by atoms with Gasteiger partial charge in [-0.15, -0.1) is 10.2 Å². The number of aromatic nitrogens is 5. The van der Waals surface area contributed by atoms with Gasteiger partial charge in [-0.05, 0) is 52.7 Å². The molecular formula is C21H15N5. The maximum atomic E-state index is 4.82. The third-order valence-corrected chi connectivity index (χ3v) is 4.69. The molecule has 3 aromatic carbocycles. The van der Waals surface area contributed by atoms with Crippen molar-refractivity contribution in [1.29, 1.82) is 0 Å². The van der Waals surface area contributed by atoms with E-state index in [0.717, 1.165) is 27.7 Å². The van der Waals surface area contributed by atoms with Gasteiger partial charge < -0.3 is 0 Å². The molecule has 2 aromatic heterocycles. The number of hydrogen-bond acceptors (Lipinski definition) is 4. The zero-order valence-corrected chi connectivity index (χ0v) is 14.1. The van der Waals surface area contributed by atoms with Gasteiger partial charge in [0.1, 0.15) is 0 Å². The summed E-state index contributed by atoms with van der Waals surface area (Å²) >= 11 is 0. The summed E-state index contributed by atoms with van der Waals surface area (Å²) in [5.41, 5.74) is 5.22. The zero-order chi connectivity index (χ0) is 17.5. The van der Waals surface area contributed by atoms with Crippen molar-refractivity contribution in [3.05, 3.63) is 72.4 Å². The minimum atomic E-state index is 0.583. The quantitative estimate of drug-likeness (QED) is 0.513. The minimum Gasteiger partial charge on any atom is -0.252 e. The van der Waals surface area contributed by atoms with Crippen molar-refractivity contribution in [3.8, 4) is 22.5 Å². The molecule has 0 fully saturated rings. The Morgan fingerprint density at radius 1 is 0.808 bits per heavy atom. The van der Waals surface area contributed by atoms with Crippen LogP contribution in [0.2, 0.25) is 0 Å². The summed E-state index contributed by atoms with van der Waals surface area (Å²) in [7, 11) is 0. The van der Waals surface area contributed by atoms with E-state index in [9.17, 15) is 0 Å². The fourth-order valence-corrected chi connectivity index (χ4v) is 3.43. The Morgan fingerprint density at radius 3 is 2.58 bits per heavy atom. The van der Waals surface area contributed by atoms with Crippen molar-refractivity contribution in [2.45, 2.75) is 6.92 Å². The van der Waals surface area contributed by atoms with Crippen molar-refractivity contribution in [2.75, 3.05) is 0 Å². The molecule has 0 saturated heterocycles. The van der Waals surface area contributed by atoms with Gasteiger partial charge in [0.2, 0.25) is 5.82 Å². The fraction of sp³-hybridized carbons (Fsp3) is 0.0476. The first-order chi connectivity index (χ1) is 12.8. The van der Waals surface area contributed by atoms with Crippen molar-refractivity contribution >= 4 is 21.7 Å². The van der Waals surface area contributed by atoms with E-state index in [1.54, 1.807) is 0 Å². The highest BCUT2D eigenvalue weighted by Gasteiger charge is 2.11. The molecule has 5 heteroatoms. The highest BCUT2D eigenvalue weighted by Crippen LogP contribution is 2.33. The molecule has 5 nitrogen and oxygen atoms in total. The molecule has 0 unspecified atom stereocenters. The predicted molar refractivity (Wildman–Crippen MR) is 103 cm³/mol. The monoisotopic (exact) mass is 337 g/mol. The van der Waals surface area contributed by atoms with Crippen molar-refractivity contribution in [1.82, 2.24) is 25.6 Å². The van der Waals surface area contributed by atoms with E-state index in [4.69, 9.17) is 4.98 Å². The van der Waals surface area contributed by atoms with E-state index in [0.29, 0.717) is 5.82 Å². The zero-order valence-electron chi connectivity index (χ0n) is 14.1. The van der Waals surface area contributed by atoms with Gasteiger partial charge in [0.05, 0.1) is 5.52 Å². The fourth-order valence-electron chi connectivity index (χ4n) is 3.43. The van der Waals surface area contributed by atoms with Crippen LogP contribution in [-0.2, 0) is 0 Å². The van der Waals surface area contributed by atoms with Crippen LogP contribution >= 0.6 is 0 Å². The molecule has 0 aliphatic carbocycles. The van der Waals surface area contributed by atoms with Gasteiger partial charge in [-0.2, -0.15) is 5.21 Å². The number of aryl methyl sites for hydroxylation is 1. The van der Waals surface area contributed by atoms with Gasteiger partial charge in [0.15, 0.2) is 0 Å². The van der Waals surface area contributed by atoms with E-state index >= 15 is 0 Å². The number of rotatable bonds is 2. The summed E-state index contributed by atoms with van der Waals surface area (Å²) in [5.74, 6) is 0.583. The lowest BCUT2D eigenvalue weighted by Crippen LogP contribution is -1.91. The van der Waals surface area contributed by atoms with Crippen molar-refractivity contribution < 1.29 is 0 Å². The number of tetrazole rings is 1.